The number of aromatic hydroxyl groups is 1. The Labute approximate surface area is 122 Å². The molecule has 1 fully saturated rings. The van der Waals surface area contributed by atoms with Crippen LogP contribution in [0.3, 0.4) is 0 Å². The summed E-state index contributed by atoms with van der Waals surface area (Å²) in [7, 11) is -5.44. The van der Waals surface area contributed by atoms with Gasteiger partial charge < -0.3 is 10.0 Å². The molecule has 9 heteroatoms. The van der Waals surface area contributed by atoms with Crippen molar-refractivity contribution < 1.29 is 26.7 Å². The number of anilines is 1. The van der Waals surface area contributed by atoms with Crippen molar-refractivity contribution in [3.8, 4) is 5.75 Å². The number of rotatable bonds is 2. The van der Waals surface area contributed by atoms with E-state index in [0.29, 0.717) is 13.1 Å². The lowest BCUT2D eigenvalue weighted by Gasteiger charge is -2.21. The number of phenolic OH excluding ortho intramolecular Hbond substituents is 1. The van der Waals surface area contributed by atoms with Gasteiger partial charge in [-0.3, -0.25) is 0 Å². The average molecular weight is 374 g/mol. The van der Waals surface area contributed by atoms with Gasteiger partial charge in [0.25, 0.3) is 9.84 Å². The van der Waals surface area contributed by atoms with Crippen LogP contribution in [0.5, 0.6) is 5.75 Å². The highest BCUT2D eigenvalue weighted by Gasteiger charge is 2.47. The number of sulfone groups is 1. The maximum atomic E-state index is 12.6. The molecule has 1 aromatic carbocycles. The maximum absolute atomic E-state index is 12.6. The van der Waals surface area contributed by atoms with Crippen molar-refractivity contribution in [2.75, 3.05) is 18.0 Å². The van der Waals surface area contributed by atoms with Crippen LogP contribution in [-0.2, 0) is 9.84 Å². The van der Waals surface area contributed by atoms with E-state index in [-0.39, 0.29) is 15.9 Å². The molecule has 0 bridgehead atoms. The third-order valence-corrected chi connectivity index (χ3v) is 5.15. The summed E-state index contributed by atoms with van der Waals surface area (Å²) in [5.74, 6) is -0.256. The van der Waals surface area contributed by atoms with Gasteiger partial charge in [-0.05, 0) is 40.9 Å². The Morgan fingerprint density at radius 2 is 1.75 bits per heavy atom. The van der Waals surface area contributed by atoms with Crippen LogP contribution >= 0.6 is 15.9 Å². The van der Waals surface area contributed by atoms with Crippen molar-refractivity contribution in [3.05, 3.63) is 16.6 Å². The zero-order valence-corrected chi connectivity index (χ0v) is 12.5. The molecule has 0 aliphatic carbocycles. The molecule has 0 unspecified atom stereocenters. The Morgan fingerprint density at radius 3 is 2.25 bits per heavy atom. The molecule has 0 atom stereocenters. The normalized spacial score (nSPS) is 16.7. The predicted molar refractivity (Wildman–Crippen MR) is 70.5 cm³/mol. The fraction of sp³-hybridized carbons (Fsp3) is 0.455. The molecule has 1 aliphatic rings. The summed E-state index contributed by atoms with van der Waals surface area (Å²) in [5.41, 5.74) is -5.27. The van der Waals surface area contributed by atoms with E-state index in [2.05, 4.69) is 15.9 Å². The summed E-state index contributed by atoms with van der Waals surface area (Å²) < 4.78 is 60.5. The Morgan fingerprint density at radius 1 is 1.20 bits per heavy atom. The van der Waals surface area contributed by atoms with Crippen LogP contribution in [0, 0.1) is 0 Å². The highest BCUT2D eigenvalue weighted by Crippen LogP contribution is 2.41. The molecule has 20 heavy (non-hydrogen) atoms. The standard InChI is InChI=1S/C11H11BrF3NO3S/c12-8-5-7(20(18,19)11(13,14)15)6-9(10(8)17)16-3-1-2-4-16/h5-6,17H,1-4H2. The van der Waals surface area contributed by atoms with Crippen molar-refractivity contribution >= 4 is 31.5 Å². The summed E-state index contributed by atoms with van der Waals surface area (Å²) in [6.07, 6.45) is 1.68. The zero-order chi connectivity index (χ0) is 15.1. The van der Waals surface area contributed by atoms with Crippen LogP contribution in [0.4, 0.5) is 18.9 Å². The largest absolute Gasteiger partial charge is 0.505 e. The van der Waals surface area contributed by atoms with E-state index in [1.165, 1.54) is 0 Å². The summed E-state index contributed by atoms with van der Waals surface area (Å²) in [6, 6.07) is 1.63. The van der Waals surface area contributed by atoms with Crippen LogP contribution in [0.2, 0.25) is 0 Å². The van der Waals surface area contributed by atoms with E-state index >= 15 is 0 Å². The van der Waals surface area contributed by atoms with Gasteiger partial charge in [-0.15, -0.1) is 0 Å². The highest BCUT2D eigenvalue weighted by atomic mass is 79.9. The quantitative estimate of drug-likeness (QED) is 0.865. The molecule has 4 nitrogen and oxygen atoms in total. The monoisotopic (exact) mass is 373 g/mol. The fourth-order valence-corrected chi connectivity index (χ4v) is 3.46. The maximum Gasteiger partial charge on any atom is 0.501 e. The first-order valence-electron chi connectivity index (χ1n) is 5.73. The number of nitrogens with zero attached hydrogens (tertiary/aromatic N) is 1. The molecular weight excluding hydrogens is 363 g/mol. The minimum atomic E-state index is -5.44. The van der Waals surface area contributed by atoms with Gasteiger partial charge in [0, 0.05) is 13.1 Å². The van der Waals surface area contributed by atoms with Crippen LogP contribution in [0.15, 0.2) is 21.5 Å². The van der Waals surface area contributed by atoms with Gasteiger partial charge in [0.15, 0.2) is 5.75 Å². The van der Waals surface area contributed by atoms with Gasteiger partial charge in [-0.25, -0.2) is 8.42 Å². The smallest absolute Gasteiger partial charge is 0.501 e. The number of alkyl halides is 3. The third-order valence-electron chi connectivity index (χ3n) is 3.08. The molecule has 1 saturated heterocycles. The van der Waals surface area contributed by atoms with Gasteiger partial charge in [0.1, 0.15) is 0 Å². The van der Waals surface area contributed by atoms with E-state index in [1.807, 2.05) is 0 Å². The van der Waals surface area contributed by atoms with E-state index in [4.69, 9.17) is 0 Å². The second-order valence-electron chi connectivity index (χ2n) is 4.42. The van der Waals surface area contributed by atoms with E-state index in [0.717, 1.165) is 25.0 Å². The second kappa shape index (κ2) is 5.10. The minimum absolute atomic E-state index is 0.0790. The first-order chi connectivity index (χ1) is 9.14. The van der Waals surface area contributed by atoms with E-state index in [1.54, 1.807) is 4.90 Å². The topological polar surface area (TPSA) is 57.6 Å². The van der Waals surface area contributed by atoms with Crippen molar-refractivity contribution in [1.29, 1.82) is 0 Å². The third kappa shape index (κ3) is 2.60. The minimum Gasteiger partial charge on any atom is -0.505 e. The Kier molecular flexibility index (Phi) is 3.94. The highest BCUT2D eigenvalue weighted by molar-refractivity contribution is 9.10. The molecule has 2 rings (SSSR count). The molecule has 0 aromatic heterocycles. The molecule has 1 N–H and O–H groups in total. The molecule has 0 spiro atoms. The molecule has 0 saturated carbocycles. The first-order valence-corrected chi connectivity index (χ1v) is 8.01. The van der Waals surface area contributed by atoms with Gasteiger partial charge in [-0.2, -0.15) is 13.2 Å². The Hall–Kier alpha value is -0.960. The number of halogens is 4. The molecule has 1 heterocycles. The average Bonchev–Trinajstić information content (AvgIpc) is 2.84. The molecule has 1 aromatic rings. The van der Waals surface area contributed by atoms with Crippen LogP contribution in [-0.4, -0.2) is 32.1 Å². The van der Waals surface area contributed by atoms with Crippen molar-refractivity contribution in [2.24, 2.45) is 0 Å². The van der Waals surface area contributed by atoms with Gasteiger partial charge in [0.05, 0.1) is 15.1 Å². The lowest BCUT2D eigenvalue weighted by molar-refractivity contribution is -0.0436. The summed E-state index contributed by atoms with van der Waals surface area (Å²) in [6.45, 7) is 1.13. The molecule has 0 amide bonds. The van der Waals surface area contributed by atoms with Gasteiger partial charge in [-0.1, -0.05) is 0 Å². The van der Waals surface area contributed by atoms with Crippen molar-refractivity contribution in [2.45, 2.75) is 23.2 Å². The molecule has 1 aliphatic heterocycles. The van der Waals surface area contributed by atoms with Crippen molar-refractivity contribution in [3.63, 3.8) is 0 Å². The summed E-state index contributed by atoms with van der Waals surface area (Å²) in [4.78, 5) is 0.784. The first kappa shape index (κ1) is 15.4. The fourth-order valence-electron chi connectivity index (χ4n) is 2.05. The van der Waals surface area contributed by atoms with Crippen LogP contribution in [0.25, 0.3) is 0 Å². The Balaban J connectivity index is 2.57. The Bertz CT molecular complexity index is 625. The lowest BCUT2D eigenvalue weighted by atomic mass is 10.2. The van der Waals surface area contributed by atoms with Crippen molar-refractivity contribution in [1.82, 2.24) is 0 Å². The zero-order valence-electron chi connectivity index (χ0n) is 10.1. The van der Waals surface area contributed by atoms with Gasteiger partial charge in [0.2, 0.25) is 0 Å². The molecular formula is C11H11BrF3NO3S. The summed E-state index contributed by atoms with van der Waals surface area (Å²) >= 11 is 2.89. The van der Waals surface area contributed by atoms with E-state index < -0.39 is 20.2 Å². The van der Waals surface area contributed by atoms with Crippen LogP contribution in [0.1, 0.15) is 12.8 Å². The van der Waals surface area contributed by atoms with E-state index in [9.17, 15) is 26.7 Å². The molecule has 0 radical (unpaired) electrons. The SMILES string of the molecule is O=S(=O)(c1cc(Br)c(O)c(N2CCCC2)c1)C(F)(F)F. The van der Waals surface area contributed by atoms with Crippen LogP contribution < -0.4 is 4.90 Å². The summed E-state index contributed by atoms with van der Waals surface area (Å²) in [5, 5.41) is 9.89. The number of hydrogen-bond donors (Lipinski definition) is 1. The van der Waals surface area contributed by atoms with Gasteiger partial charge >= 0.3 is 5.51 Å². The predicted octanol–water partition coefficient (Wildman–Crippen LogP) is 3.05. The lowest BCUT2D eigenvalue weighted by Crippen LogP contribution is -2.24. The molecule has 112 valence electrons. The number of benzene rings is 1. The number of phenols is 1. The number of hydrogen-bond acceptors (Lipinski definition) is 4. The second-order valence-corrected chi connectivity index (χ2v) is 7.21.